The monoisotopic (exact) mass is 351 g/mol. The molecule has 4 rings (SSSR count). The molecule has 134 valence electrons. The Morgan fingerprint density at radius 1 is 1.08 bits per heavy atom. The van der Waals surface area contributed by atoms with Gasteiger partial charge in [-0.15, -0.1) is 0 Å². The maximum Gasteiger partial charge on any atom is 0.410 e. The van der Waals surface area contributed by atoms with E-state index in [-0.39, 0.29) is 12.5 Å². The summed E-state index contributed by atoms with van der Waals surface area (Å²) in [6, 6.07) is 15.4. The van der Waals surface area contributed by atoms with Gasteiger partial charge in [-0.3, -0.25) is 4.90 Å². The minimum Gasteiger partial charge on any atom is -0.480 e. The molecule has 1 amide bonds. The maximum absolute atomic E-state index is 12.4. The van der Waals surface area contributed by atoms with Crippen molar-refractivity contribution in [1.29, 1.82) is 0 Å². The highest BCUT2D eigenvalue weighted by molar-refractivity contribution is 5.83. The highest BCUT2D eigenvalue weighted by atomic mass is 16.6. The smallest absolute Gasteiger partial charge is 0.410 e. The van der Waals surface area contributed by atoms with E-state index in [0.717, 1.165) is 22.3 Å². The summed E-state index contributed by atoms with van der Waals surface area (Å²) in [5.74, 6) is -1.02. The number of carbonyl (C=O) groups is 2. The Morgan fingerprint density at radius 2 is 1.62 bits per heavy atom. The van der Waals surface area contributed by atoms with E-state index in [9.17, 15) is 14.7 Å². The minimum atomic E-state index is -0.991. The zero-order valence-electron chi connectivity index (χ0n) is 14.8. The molecule has 1 fully saturated rings. The largest absolute Gasteiger partial charge is 0.480 e. The van der Waals surface area contributed by atoms with E-state index in [0.29, 0.717) is 6.54 Å². The number of ether oxygens (including phenoxy) is 1. The van der Waals surface area contributed by atoms with Crippen LogP contribution in [0.4, 0.5) is 4.79 Å². The van der Waals surface area contributed by atoms with Crippen molar-refractivity contribution in [3.63, 3.8) is 0 Å². The highest BCUT2D eigenvalue weighted by Crippen LogP contribution is 2.45. The quantitative estimate of drug-likeness (QED) is 0.915. The first-order valence-corrected chi connectivity index (χ1v) is 8.74. The summed E-state index contributed by atoms with van der Waals surface area (Å²) in [5.41, 5.74) is 4.17. The summed E-state index contributed by atoms with van der Waals surface area (Å²) >= 11 is 0. The number of likely N-dealkylation sites (tertiary alicyclic amines) is 1. The lowest BCUT2D eigenvalue weighted by Crippen LogP contribution is -2.67. The Morgan fingerprint density at radius 3 is 2.12 bits per heavy atom. The average Bonchev–Trinajstić information content (AvgIpc) is 2.91. The Kier molecular flexibility index (Phi) is 3.75. The van der Waals surface area contributed by atoms with Crippen LogP contribution < -0.4 is 0 Å². The fourth-order valence-electron chi connectivity index (χ4n) is 4.24. The molecule has 2 aliphatic rings. The van der Waals surface area contributed by atoms with Gasteiger partial charge in [-0.05, 0) is 22.3 Å². The summed E-state index contributed by atoms with van der Waals surface area (Å²) in [6.07, 6.45) is -0.557. The van der Waals surface area contributed by atoms with Crippen molar-refractivity contribution >= 4 is 12.1 Å². The van der Waals surface area contributed by atoms with Crippen LogP contribution in [-0.2, 0) is 9.53 Å². The summed E-state index contributed by atoms with van der Waals surface area (Å²) in [4.78, 5) is 25.2. The minimum absolute atomic E-state index is 0.0242. The third-order valence-electron chi connectivity index (χ3n) is 5.43. The Labute approximate surface area is 152 Å². The second-order valence-electron chi connectivity index (χ2n) is 7.66. The predicted octanol–water partition coefficient (Wildman–Crippen LogP) is 3.73. The fraction of sp³-hybridized carbons (Fsp3) is 0.333. The molecule has 0 aromatic heterocycles. The molecule has 1 saturated heterocycles. The molecular formula is C21H21NO4. The van der Waals surface area contributed by atoms with Crippen molar-refractivity contribution in [3.8, 4) is 11.1 Å². The van der Waals surface area contributed by atoms with Crippen molar-refractivity contribution in [2.75, 3.05) is 13.2 Å². The van der Waals surface area contributed by atoms with Gasteiger partial charge in [0.25, 0.3) is 0 Å². The number of benzene rings is 2. The van der Waals surface area contributed by atoms with Crippen LogP contribution in [0.25, 0.3) is 11.1 Å². The Bertz CT molecular complexity index is 844. The molecule has 1 N–H and O–H groups in total. The molecule has 1 heterocycles. The zero-order chi connectivity index (χ0) is 18.5. The van der Waals surface area contributed by atoms with Gasteiger partial charge in [-0.1, -0.05) is 62.4 Å². The van der Waals surface area contributed by atoms with Gasteiger partial charge >= 0.3 is 12.1 Å². The number of hydrogen-bond donors (Lipinski definition) is 1. The SMILES string of the molecule is CC1(C)CN(C(=O)OCC2c3ccccc3-c3ccccc32)[C@H]1C(=O)O. The van der Waals surface area contributed by atoms with Gasteiger partial charge in [-0.25, -0.2) is 9.59 Å². The van der Waals surface area contributed by atoms with Crippen LogP contribution in [-0.4, -0.2) is 41.3 Å². The van der Waals surface area contributed by atoms with Crippen LogP contribution in [0.1, 0.15) is 30.9 Å². The van der Waals surface area contributed by atoms with Gasteiger partial charge < -0.3 is 9.84 Å². The van der Waals surface area contributed by atoms with E-state index in [1.165, 1.54) is 4.90 Å². The summed E-state index contributed by atoms with van der Waals surface area (Å²) in [7, 11) is 0. The number of aliphatic carboxylic acids is 1. The molecule has 5 heteroatoms. The maximum atomic E-state index is 12.4. The van der Waals surface area contributed by atoms with E-state index in [2.05, 4.69) is 24.3 Å². The molecule has 2 aromatic rings. The topological polar surface area (TPSA) is 66.8 Å². The van der Waals surface area contributed by atoms with Crippen LogP contribution in [0, 0.1) is 5.41 Å². The average molecular weight is 351 g/mol. The molecule has 0 bridgehead atoms. The molecule has 2 aromatic carbocycles. The summed E-state index contributed by atoms with van der Waals surface area (Å²) in [6.45, 7) is 4.29. The van der Waals surface area contributed by atoms with E-state index >= 15 is 0 Å². The van der Waals surface area contributed by atoms with E-state index in [4.69, 9.17) is 4.74 Å². The number of carboxylic acids is 1. The number of carboxylic acid groups (broad SMARTS) is 1. The number of nitrogens with zero attached hydrogens (tertiary/aromatic N) is 1. The summed E-state index contributed by atoms with van der Waals surface area (Å²) in [5, 5.41) is 9.38. The van der Waals surface area contributed by atoms with Crippen LogP contribution in [0.3, 0.4) is 0 Å². The number of hydrogen-bond acceptors (Lipinski definition) is 3. The van der Waals surface area contributed by atoms with Crippen molar-refractivity contribution in [1.82, 2.24) is 4.90 Å². The van der Waals surface area contributed by atoms with Crippen molar-refractivity contribution < 1.29 is 19.4 Å². The van der Waals surface area contributed by atoms with Gasteiger partial charge in [0.15, 0.2) is 0 Å². The van der Waals surface area contributed by atoms with Gasteiger partial charge in [0, 0.05) is 17.9 Å². The van der Waals surface area contributed by atoms with Gasteiger partial charge in [-0.2, -0.15) is 0 Å². The van der Waals surface area contributed by atoms with Crippen LogP contribution in [0.2, 0.25) is 0 Å². The highest BCUT2D eigenvalue weighted by Gasteiger charge is 2.53. The predicted molar refractivity (Wildman–Crippen MR) is 97.0 cm³/mol. The molecule has 26 heavy (non-hydrogen) atoms. The lowest BCUT2D eigenvalue weighted by molar-refractivity contribution is -0.158. The molecule has 1 atom stereocenters. The van der Waals surface area contributed by atoms with E-state index in [1.54, 1.807) is 0 Å². The first-order valence-electron chi connectivity index (χ1n) is 8.74. The number of rotatable bonds is 3. The number of amides is 1. The second kappa shape index (κ2) is 5.87. The number of fused-ring (bicyclic) bond motifs is 3. The lowest BCUT2D eigenvalue weighted by Gasteiger charge is -2.50. The van der Waals surface area contributed by atoms with Crippen molar-refractivity contribution in [2.24, 2.45) is 5.41 Å². The lowest BCUT2D eigenvalue weighted by atomic mass is 9.75. The van der Waals surface area contributed by atoms with Crippen molar-refractivity contribution in [2.45, 2.75) is 25.8 Å². The van der Waals surface area contributed by atoms with E-state index in [1.807, 2.05) is 38.1 Å². The third kappa shape index (κ3) is 2.46. The molecule has 0 spiro atoms. The van der Waals surface area contributed by atoms with Crippen LogP contribution in [0.15, 0.2) is 48.5 Å². The van der Waals surface area contributed by atoms with Gasteiger partial charge in [0.2, 0.25) is 0 Å². The molecule has 5 nitrogen and oxygen atoms in total. The molecule has 1 aliphatic heterocycles. The molecule has 0 unspecified atom stereocenters. The van der Waals surface area contributed by atoms with Gasteiger partial charge in [0.1, 0.15) is 12.6 Å². The third-order valence-corrected chi connectivity index (χ3v) is 5.43. The fourth-order valence-corrected chi connectivity index (χ4v) is 4.24. The van der Waals surface area contributed by atoms with E-state index < -0.39 is 23.5 Å². The Balaban J connectivity index is 1.52. The molecular weight excluding hydrogens is 330 g/mol. The molecule has 0 saturated carbocycles. The second-order valence-corrected chi connectivity index (χ2v) is 7.66. The van der Waals surface area contributed by atoms with Crippen LogP contribution >= 0.6 is 0 Å². The molecule has 1 aliphatic carbocycles. The van der Waals surface area contributed by atoms with Gasteiger partial charge in [0.05, 0.1) is 0 Å². The first kappa shape index (κ1) is 16.6. The van der Waals surface area contributed by atoms with Crippen molar-refractivity contribution in [3.05, 3.63) is 59.7 Å². The normalized spacial score (nSPS) is 20.1. The summed E-state index contributed by atoms with van der Waals surface area (Å²) < 4.78 is 5.54. The standard InChI is InChI=1S/C21H21NO4/c1-21(2)12-22(18(21)19(23)24)20(25)26-11-17-15-9-5-3-7-13(15)14-8-4-6-10-16(14)17/h3-10,17-18H,11-12H2,1-2H3,(H,23,24)/t18-/m0/s1. The zero-order valence-corrected chi connectivity index (χ0v) is 14.8. The molecule has 0 radical (unpaired) electrons. The Hall–Kier alpha value is -2.82. The van der Waals surface area contributed by atoms with Crippen LogP contribution in [0.5, 0.6) is 0 Å². The first-order chi connectivity index (χ1) is 12.4. The number of carbonyl (C=O) groups excluding carboxylic acids is 1.